The number of aryl methyl sites for hydroxylation is 3. The van der Waals surface area contributed by atoms with Crippen LogP contribution in [0.2, 0.25) is 0 Å². The molecule has 0 aliphatic carbocycles. The van der Waals surface area contributed by atoms with Gasteiger partial charge < -0.3 is 10.6 Å². The Kier molecular flexibility index (Phi) is 4.99. The summed E-state index contributed by atoms with van der Waals surface area (Å²) in [5.74, 6) is -0.0386. The van der Waals surface area contributed by atoms with Crippen LogP contribution in [-0.2, 0) is 11.2 Å². The van der Waals surface area contributed by atoms with Crippen LogP contribution in [0.25, 0.3) is 0 Å². The zero-order chi connectivity index (χ0) is 15.2. The Hall–Kier alpha value is -2.29. The minimum absolute atomic E-state index is 0.0386. The van der Waals surface area contributed by atoms with Gasteiger partial charge in [0.25, 0.3) is 0 Å². The molecule has 0 aliphatic heterocycles. The van der Waals surface area contributed by atoms with Crippen molar-refractivity contribution in [2.75, 3.05) is 17.2 Å². The first-order valence-electron chi connectivity index (χ1n) is 7.28. The predicted octanol–water partition coefficient (Wildman–Crippen LogP) is 3.92. The van der Waals surface area contributed by atoms with Crippen molar-refractivity contribution in [2.24, 2.45) is 0 Å². The molecule has 2 rings (SSSR count). The highest BCUT2D eigenvalue weighted by atomic mass is 16.1. The predicted molar refractivity (Wildman–Crippen MR) is 88.9 cm³/mol. The number of carbonyl (C=O) groups excluding carboxylic acids is 1. The van der Waals surface area contributed by atoms with Crippen molar-refractivity contribution in [3.63, 3.8) is 0 Å². The third kappa shape index (κ3) is 4.35. The van der Waals surface area contributed by atoms with Crippen LogP contribution in [0.1, 0.15) is 23.6 Å². The van der Waals surface area contributed by atoms with Crippen LogP contribution in [0.3, 0.4) is 0 Å². The maximum atomic E-state index is 12.0. The molecule has 0 spiro atoms. The molecule has 3 nitrogen and oxygen atoms in total. The zero-order valence-corrected chi connectivity index (χ0v) is 12.9. The lowest BCUT2D eigenvalue weighted by Gasteiger charge is -2.11. The molecule has 2 N–H and O–H groups in total. The standard InChI is InChI=1S/C18H22N2O/c1-4-15-7-9-16(10-8-15)19-12-18(21)20-17-11-13(2)5-6-14(17)3/h5-11,19H,4,12H2,1-3H3,(H,20,21). The van der Waals surface area contributed by atoms with E-state index in [1.165, 1.54) is 5.56 Å². The number of hydrogen-bond acceptors (Lipinski definition) is 2. The van der Waals surface area contributed by atoms with E-state index in [1.807, 2.05) is 44.2 Å². The summed E-state index contributed by atoms with van der Waals surface area (Å²) < 4.78 is 0. The van der Waals surface area contributed by atoms with Crippen molar-refractivity contribution in [2.45, 2.75) is 27.2 Å². The van der Waals surface area contributed by atoms with Gasteiger partial charge in [-0.25, -0.2) is 0 Å². The summed E-state index contributed by atoms with van der Waals surface area (Å²) in [6.45, 7) is 6.40. The van der Waals surface area contributed by atoms with E-state index < -0.39 is 0 Å². The second kappa shape index (κ2) is 6.93. The highest BCUT2D eigenvalue weighted by Crippen LogP contribution is 2.16. The quantitative estimate of drug-likeness (QED) is 0.872. The Morgan fingerprint density at radius 1 is 1.05 bits per heavy atom. The van der Waals surface area contributed by atoms with Gasteiger partial charge in [-0.1, -0.05) is 31.2 Å². The number of nitrogens with one attached hydrogen (secondary N) is 2. The minimum Gasteiger partial charge on any atom is -0.376 e. The van der Waals surface area contributed by atoms with E-state index in [-0.39, 0.29) is 12.5 Å². The monoisotopic (exact) mass is 282 g/mol. The first-order chi connectivity index (χ1) is 10.1. The molecule has 1 amide bonds. The zero-order valence-electron chi connectivity index (χ0n) is 12.9. The molecule has 0 heterocycles. The summed E-state index contributed by atoms with van der Waals surface area (Å²) in [5.41, 5.74) is 5.34. The van der Waals surface area contributed by atoms with Crippen molar-refractivity contribution in [1.82, 2.24) is 0 Å². The first kappa shape index (κ1) is 15.1. The molecule has 0 fully saturated rings. The average Bonchev–Trinajstić information content (AvgIpc) is 2.49. The highest BCUT2D eigenvalue weighted by molar-refractivity contribution is 5.94. The van der Waals surface area contributed by atoms with Gasteiger partial charge in [0.15, 0.2) is 0 Å². The van der Waals surface area contributed by atoms with E-state index in [1.54, 1.807) is 0 Å². The van der Waals surface area contributed by atoms with Gasteiger partial charge in [-0.05, 0) is 55.2 Å². The Labute approximate surface area is 126 Å². The van der Waals surface area contributed by atoms with Crippen molar-refractivity contribution in [3.8, 4) is 0 Å². The van der Waals surface area contributed by atoms with E-state index in [0.29, 0.717) is 0 Å². The third-order valence-corrected chi connectivity index (χ3v) is 3.48. The maximum absolute atomic E-state index is 12.0. The normalized spacial score (nSPS) is 10.2. The number of anilines is 2. The number of carbonyl (C=O) groups is 1. The Bertz CT molecular complexity index is 618. The SMILES string of the molecule is CCc1ccc(NCC(=O)Nc2cc(C)ccc2C)cc1. The van der Waals surface area contributed by atoms with Crippen molar-refractivity contribution in [3.05, 3.63) is 59.2 Å². The van der Waals surface area contributed by atoms with Gasteiger partial charge in [-0.3, -0.25) is 4.79 Å². The summed E-state index contributed by atoms with van der Waals surface area (Å²) in [6, 6.07) is 14.2. The van der Waals surface area contributed by atoms with Crippen molar-refractivity contribution >= 4 is 17.3 Å². The number of hydrogen-bond donors (Lipinski definition) is 2. The van der Waals surface area contributed by atoms with Crippen molar-refractivity contribution < 1.29 is 4.79 Å². The third-order valence-electron chi connectivity index (χ3n) is 3.48. The Morgan fingerprint density at radius 2 is 1.76 bits per heavy atom. The van der Waals surface area contributed by atoms with Gasteiger partial charge in [0.1, 0.15) is 0 Å². The fourth-order valence-corrected chi connectivity index (χ4v) is 2.11. The van der Waals surface area contributed by atoms with E-state index in [4.69, 9.17) is 0 Å². The van der Waals surface area contributed by atoms with E-state index in [0.717, 1.165) is 28.9 Å². The number of amides is 1. The van der Waals surface area contributed by atoms with Gasteiger partial charge in [0.2, 0.25) is 5.91 Å². The molecule has 0 saturated carbocycles. The van der Waals surface area contributed by atoms with Crippen LogP contribution in [0.15, 0.2) is 42.5 Å². The fourth-order valence-electron chi connectivity index (χ4n) is 2.11. The number of benzene rings is 2. The minimum atomic E-state index is -0.0386. The van der Waals surface area contributed by atoms with Crippen LogP contribution < -0.4 is 10.6 Å². The molecule has 0 unspecified atom stereocenters. The molecule has 3 heteroatoms. The van der Waals surface area contributed by atoms with Gasteiger partial charge in [0, 0.05) is 11.4 Å². The van der Waals surface area contributed by atoms with E-state index >= 15 is 0 Å². The Balaban J connectivity index is 1.91. The fraction of sp³-hybridized carbons (Fsp3) is 0.278. The lowest BCUT2D eigenvalue weighted by Crippen LogP contribution is -2.22. The van der Waals surface area contributed by atoms with Crippen LogP contribution in [-0.4, -0.2) is 12.5 Å². The van der Waals surface area contributed by atoms with Crippen LogP contribution in [0, 0.1) is 13.8 Å². The molecular weight excluding hydrogens is 260 g/mol. The molecule has 0 aliphatic rings. The molecule has 0 bridgehead atoms. The summed E-state index contributed by atoms with van der Waals surface area (Å²) in [6.07, 6.45) is 1.02. The molecular formula is C18H22N2O. The first-order valence-corrected chi connectivity index (χ1v) is 7.28. The van der Waals surface area contributed by atoms with E-state index in [2.05, 4.69) is 29.7 Å². The summed E-state index contributed by atoms with van der Waals surface area (Å²) in [7, 11) is 0. The molecule has 0 atom stereocenters. The molecule has 2 aromatic carbocycles. The van der Waals surface area contributed by atoms with Gasteiger partial charge in [-0.2, -0.15) is 0 Å². The van der Waals surface area contributed by atoms with Crippen LogP contribution in [0.5, 0.6) is 0 Å². The molecule has 0 saturated heterocycles. The number of rotatable bonds is 5. The largest absolute Gasteiger partial charge is 0.376 e. The Morgan fingerprint density at radius 3 is 2.43 bits per heavy atom. The second-order valence-corrected chi connectivity index (χ2v) is 5.27. The smallest absolute Gasteiger partial charge is 0.243 e. The molecule has 0 aromatic heterocycles. The van der Waals surface area contributed by atoms with Crippen LogP contribution in [0.4, 0.5) is 11.4 Å². The van der Waals surface area contributed by atoms with Gasteiger partial charge in [-0.15, -0.1) is 0 Å². The highest BCUT2D eigenvalue weighted by Gasteiger charge is 2.05. The topological polar surface area (TPSA) is 41.1 Å². The molecule has 0 radical (unpaired) electrons. The maximum Gasteiger partial charge on any atom is 0.243 e. The summed E-state index contributed by atoms with van der Waals surface area (Å²) in [4.78, 5) is 12.0. The summed E-state index contributed by atoms with van der Waals surface area (Å²) in [5, 5.41) is 6.08. The molecule has 2 aromatic rings. The molecule has 110 valence electrons. The second-order valence-electron chi connectivity index (χ2n) is 5.27. The van der Waals surface area contributed by atoms with Gasteiger partial charge in [0.05, 0.1) is 6.54 Å². The lowest BCUT2D eigenvalue weighted by molar-refractivity contribution is -0.114. The summed E-state index contributed by atoms with van der Waals surface area (Å²) >= 11 is 0. The van der Waals surface area contributed by atoms with Gasteiger partial charge >= 0.3 is 0 Å². The lowest BCUT2D eigenvalue weighted by atomic mass is 10.1. The van der Waals surface area contributed by atoms with Crippen LogP contribution >= 0.6 is 0 Å². The van der Waals surface area contributed by atoms with Crippen molar-refractivity contribution in [1.29, 1.82) is 0 Å². The van der Waals surface area contributed by atoms with E-state index in [9.17, 15) is 4.79 Å². The average molecular weight is 282 g/mol. The molecule has 21 heavy (non-hydrogen) atoms.